The second kappa shape index (κ2) is 8.78. The average Bonchev–Trinajstić information content (AvgIpc) is 3.35. The molecule has 0 bridgehead atoms. The third-order valence-electron chi connectivity index (χ3n) is 8.97. The van der Waals surface area contributed by atoms with E-state index in [9.17, 15) is 35.9 Å². The summed E-state index contributed by atoms with van der Waals surface area (Å²) in [4.78, 5) is 28.8. The second-order valence-electron chi connectivity index (χ2n) is 10.8. The van der Waals surface area contributed by atoms with E-state index in [1.165, 1.54) is 0 Å². The maximum atomic E-state index is 13.8. The van der Waals surface area contributed by atoms with Gasteiger partial charge >= 0.3 is 18.3 Å². The summed E-state index contributed by atoms with van der Waals surface area (Å²) in [5.41, 5.74) is 5.09. The number of carbonyl (C=O) groups is 2. The number of benzene rings is 1. The number of nitrogen functional groups attached to an aromatic ring is 1. The van der Waals surface area contributed by atoms with Crippen LogP contribution in [-0.2, 0) is 33.5 Å². The summed E-state index contributed by atoms with van der Waals surface area (Å²) in [6.45, 7) is 2.36. The maximum absolute atomic E-state index is 13.8. The summed E-state index contributed by atoms with van der Waals surface area (Å²) in [5, 5.41) is 0. The molecule has 4 atom stereocenters. The molecule has 0 aromatic heterocycles. The van der Waals surface area contributed by atoms with Crippen LogP contribution in [-0.4, -0.2) is 59.1 Å². The number of halogens is 6. The van der Waals surface area contributed by atoms with E-state index >= 15 is 0 Å². The normalized spacial score (nSPS) is 30.5. The zero-order valence-electron chi connectivity index (χ0n) is 20.3. The van der Waals surface area contributed by atoms with E-state index in [1.807, 2.05) is 6.92 Å². The van der Waals surface area contributed by atoms with Crippen molar-refractivity contribution in [2.45, 2.75) is 82.5 Å². The van der Waals surface area contributed by atoms with Crippen molar-refractivity contribution in [2.75, 3.05) is 18.9 Å². The molecule has 3 aliphatic heterocycles. The molecule has 4 aliphatic rings. The first-order valence-corrected chi connectivity index (χ1v) is 12.5. The summed E-state index contributed by atoms with van der Waals surface area (Å²) in [6.07, 6.45) is -8.09. The van der Waals surface area contributed by atoms with E-state index < -0.39 is 41.3 Å². The average molecular weight is 534 g/mol. The molecule has 2 amide bonds. The van der Waals surface area contributed by atoms with Gasteiger partial charge in [-0.2, -0.15) is 26.3 Å². The van der Waals surface area contributed by atoms with E-state index in [0.29, 0.717) is 30.4 Å². The number of hydrogen-bond donors (Lipinski definition) is 1. The van der Waals surface area contributed by atoms with Gasteiger partial charge < -0.3 is 20.3 Å². The monoisotopic (exact) mass is 533 g/mol. The predicted molar refractivity (Wildman–Crippen MR) is 120 cm³/mol. The fourth-order valence-corrected chi connectivity index (χ4v) is 7.08. The molecule has 2 saturated heterocycles. The van der Waals surface area contributed by atoms with Gasteiger partial charge in [0.15, 0.2) is 0 Å². The maximum Gasteiger partial charge on any atom is 0.471 e. The first-order chi connectivity index (χ1) is 17.2. The summed E-state index contributed by atoms with van der Waals surface area (Å²) in [6, 6.07) is 0.229. The lowest BCUT2D eigenvalue weighted by Crippen LogP contribution is -2.53. The van der Waals surface area contributed by atoms with Crippen LogP contribution in [0.4, 0.5) is 32.0 Å². The number of nitrogens with two attached hydrogens (primary N) is 1. The molecule has 5 rings (SSSR count). The third-order valence-corrected chi connectivity index (χ3v) is 8.97. The Balaban J connectivity index is 1.43. The molecular formula is C25H29F6N3O3. The van der Waals surface area contributed by atoms with Gasteiger partial charge in [0.2, 0.25) is 5.91 Å². The molecule has 3 fully saturated rings. The molecule has 2 N–H and O–H groups in total. The Morgan fingerprint density at radius 3 is 2.41 bits per heavy atom. The first-order valence-electron chi connectivity index (χ1n) is 12.5. The number of fused-ring (bicyclic) bond motifs is 2. The van der Waals surface area contributed by atoms with Gasteiger partial charge in [0.05, 0.1) is 11.0 Å². The molecule has 1 aromatic carbocycles. The predicted octanol–water partition coefficient (Wildman–Crippen LogP) is 4.30. The van der Waals surface area contributed by atoms with Gasteiger partial charge in [0, 0.05) is 43.6 Å². The molecule has 3 heterocycles. The van der Waals surface area contributed by atoms with E-state index in [-0.39, 0.29) is 62.6 Å². The van der Waals surface area contributed by atoms with Crippen LogP contribution in [0.2, 0.25) is 0 Å². The van der Waals surface area contributed by atoms with Crippen LogP contribution in [0, 0.1) is 11.3 Å². The van der Waals surface area contributed by atoms with E-state index in [0.717, 1.165) is 17.0 Å². The van der Waals surface area contributed by atoms with Crippen molar-refractivity contribution < 1.29 is 40.7 Å². The number of rotatable bonds is 2. The van der Waals surface area contributed by atoms with Crippen LogP contribution < -0.4 is 5.73 Å². The summed E-state index contributed by atoms with van der Waals surface area (Å²) in [7, 11) is 0. The van der Waals surface area contributed by atoms with Crippen LogP contribution in [0.5, 0.6) is 0 Å². The number of hydrogen-bond acceptors (Lipinski definition) is 4. The SMILES string of the molecule is CC1C2Cc3c(N)cc(C(F)(F)F)cc3CN2C(=O)[C@]12CC[C@@H](N(C(=O)C(F)(F)F)C1CCOCC1)C2. The van der Waals surface area contributed by atoms with E-state index in [2.05, 4.69) is 0 Å². The topological polar surface area (TPSA) is 75.9 Å². The number of amides is 2. The fraction of sp³-hybridized carbons (Fsp3) is 0.680. The zero-order valence-corrected chi connectivity index (χ0v) is 20.3. The fourth-order valence-electron chi connectivity index (χ4n) is 7.08. The molecule has 37 heavy (non-hydrogen) atoms. The highest BCUT2D eigenvalue weighted by Gasteiger charge is 2.62. The van der Waals surface area contributed by atoms with Crippen LogP contribution in [0.15, 0.2) is 12.1 Å². The molecule has 1 aliphatic carbocycles. The smallest absolute Gasteiger partial charge is 0.398 e. The van der Waals surface area contributed by atoms with Crippen molar-refractivity contribution in [1.29, 1.82) is 0 Å². The Morgan fingerprint density at radius 2 is 1.78 bits per heavy atom. The number of ether oxygens (including phenoxy) is 1. The summed E-state index contributed by atoms with van der Waals surface area (Å²) < 4.78 is 86.1. The zero-order chi connectivity index (χ0) is 26.9. The number of nitrogens with zero attached hydrogens (tertiary/aromatic N) is 2. The Labute approximate surface area is 210 Å². The quantitative estimate of drug-likeness (QED) is 0.455. The lowest BCUT2D eigenvalue weighted by atomic mass is 9.73. The Hall–Kier alpha value is -2.50. The minimum atomic E-state index is -5.04. The minimum Gasteiger partial charge on any atom is -0.398 e. The molecule has 1 saturated carbocycles. The summed E-state index contributed by atoms with van der Waals surface area (Å²) >= 11 is 0. The van der Waals surface area contributed by atoms with Crippen molar-refractivity contribution >= 4 is 17.5 Å². The molecule has 12 heteroatoms. The lowest BCUT2D eigenvalue weighted by molar-refractivity contribution is -0.192. The largest absolute Gasteiger partial charge is 0.471 e. The highest BCUT2D eigenvalue weighted by atomic mass is 19.4. The van der Waals surface area contributed by atoms with Crippen LogP contribution in [0.3, 0.4) is 0 Å². The Kier molecular flexibility index (Phi) is 6.20. The minimum absolute atomic E-state index is 0.0239. The van der Waals surface area contributed by atoms with Crippen LogP contribution >= 0.6 is 0 Å². The van der Waals surface area contributed by atoms with Gasteiger partial charge in [0.1, 0.15) is 0 Å². The van der Waals surface area contributed by atoms with Gasteiger partial charge in [0.25, 0.3) is 0 Å². The molecule has 2 unspecified atom stereocenters. The van der Waals surface area contributed by atoms with Gasteiger partial charge in [-0.3, -0.25) is 9.59 Å². The molecule has 6 nitrogen and oxygen atoms in total. The number of carbonyl (C=O) groups excluding carboxylic acids is 2. The van der Waals surface area contributed by atoms with Gasteiger partial charge in [-0.05, 0) is 67.7 Å². The Bertz CT molecular complexity index is 1100. The molecular weight excluding hydrogens is 504 g/mol. The van der Waals surface area contributed by atoms with Crippen molar-refractivity contribution in [2.24, 2.45) is 11.3 Å². The number of anilines is 1. The van der Waals surface area contributed by atoms with E-state index in [1.54, 1.807) is 4.90 Å². The number of alkyl halides is 6. The molecule has 204 valence electrons. The Morgan fingerprint density at radius 1 is 1.11 bits per heavy atom. The highest BCUT2D eigenvalue weighted by molar-refractivity contribution is 5.88. The van der Waals surface area contributed by atoms with Gasteiger partial charge in [-0.25, -0.2) is 0 Å². The third kappa shape index (κ3) is 4.24. The van der Waals surface area contributed by atoms with Crippen LogP contribution in [0.1, 0.15) is 55.7 Å². The summed E-state index contributed by atoms with van der Waals surface area (Å²) in [5.74, 6) is -2.42. The molecule has 0 radical (unpaired) electrons. The molecule has 1 aromatic rings. The van der Waals surface area contributed by atoms with Crippen molar-refractivity contribution in [1.82, 2.24) is 9.80 Å². The van der Waals surface area contributed by atoms with Gasteiger partial charge in [-0.1, -0.05) is 6.92 Å². The van der Waals surface area contributed by atoms with Crippen molar-refractivity contribution in [3.05, 3.63) is 28.8 Å². The van der Waals surface area contributed by atoms with Gasteiger partial charge in [-0.15, -0.1) is 0 Å². The highest BCUT2D eigenvalue weighted by Crippen LogP contribution is 2.56. The first kappa shape index (κ1) is 26.1. The van der Waals surface area contributed by atoms with Crippen LogP contribution in [0.25, 0.3) is 0 Å². The second-order valence-corrected chi connectivity index (χ2v) is 10.8. The van der Waals surface area contributed by atoms with Crippen molar-refractivity contribution in [3.63, 3.8) is 0 Å². The van der Waals surface area contributed by atoms with E-state index in [4.69, 9.17) is 10.5 Å². The van der Waals surface area contributed by atoms with Crippen molar-refractivity contribution in [3.8, 4) is 0 Å². The standard InChI is InChI=1S/C25H29F6N3O3/c1-13-20-10-18-14(8-15(9-19(18)32)24(26,27)28)12-33(20)21(35)23(13)5-2-17(11-23)34(22(36)25(29,30)31)16-3-6-37-7-4-16/h8-9,13,16-17,20H,2-7,10-12,32H2,1H3/t13?,17-,20?,23+/m1/s1. The molecule has 1 spiro atoms. The lowest BCUT2D eigenvalue weighted by Gasteiger charge is -2.39.